The summed E-state index contributed by atoms with van der Waals surface area (Å²) < 4.78 is 5.14. The van der Waals surface area contributed by atoms with Gasteiger partial charge in [-0.1, -0.05) is 18.2 Å². The molecule has 2 rings (SSSR count). The van der Waals surface area contributed by atoms with Crippen molar-refractivity contribution in [3.05, 3.63) is 53.6 Å². The first-order valence-electron chi connectivity index (χ1n) is 10.4. The van der Waals surface area contributed by atoms with Gasteiger partial charge in [-0.25, -0.2) is 9.59 Å². The molecule has 8 N–H and O–H groups in total. The van der Waals surface area contributed by atoms with E-state index in [1.807, 2.05) is 31.2 Å². The highest BCUT2D eigenvalue weighted by atomic mass is 16.5. The average molecular weight is 494 g/mol. The second kappa shape index (κ2) is 14.5. The van der Waals surface area contributed by atoms with Crippen LogP contribution in [0.25, 0.3) is 0 Å². The summed E-state index contributed by atoms with van der Waals surface area (Å²) in [5, 5.41) is 58.2. The maximum absolute atomic E-state index is 10.5. The zero-order valence-corrected chi connectivity index (χ0v) is 19.2. The molecule has 4 atom stereocenters. The number of carboxylic acids is 2. The van der Waals surface area contributed by atoms with E-state index < -0.39 is 30.3 Å². The predicted molar refractivity (Wildman–Crippen MR) is 124 cm³/mol. The number of aliphatic carboxylic acids is 2. The molecule has 12 heteroatoms. The summed E-state index contributed by atoms with van der Waals surface area (Å²) >= 11 is 0. The average Bonchev–Trinajstić information content (AvgIpc) is 2.83. The van der Waals surface area contributed by atoms with Crippen molar-refractivity contribution in [1.29, 1.82) is 0 Å². The molecule has 0 fully saturated rings. The number of phenolic OH excluding ortho intramolecular Hbond substituents is 1. The molecule has 0 saturated heterocycles. The van der Waals surface area contributed by atoms with Gasteiger partial charge in [-0.05, 0) is 48.7 Å². The third-order valence-electron chi connectivity index (χ3n) is 4.79. The lowest BCUT2D eigenvalue weighted by Gasteiger charge is -2.18. The number of aromatic hydroxyl groups is 1. The van der Waals surface area contributed by atoms with Gasteiger partial charge in [-0.2, -0.15) is 0 Å². The zero-order chi connectivity index (χ0) is 26.5. The van der Waals surface area contributed by atoms with Gasteiger partial charge in [0.15, 0.2) is 12.2 Å². The molecule has 35 heavy (non-hydrogen) atoms. The van der Waals surface area contributed by atoms with Crippen LogP contribution in [0.5, 0.6) is 11.5 Å². The monoisotopic (exact) mass is 494 g/mol. The first-order valence-corrected chi connectivity index (χ1v) is 10.4. The Morgan fingerprint density at radius 3 is 2.06 bits per heavy atom. The molecule has 12 nitrogen and oxygen atoms in total. The first-order chi connectivity index (χ1) is 16.5. The summed E-state index contributed by atoms with van der Waals surface area (Å²) in [6.07, 6.45) is -3.97. The van der Waals surface area contributed by atoms with Gasteiger partial charge in [-0.15, -0.1) is 0 Å². The number of rotatable bonds is 12. The zero-order valence-electron chi connectivity index (χ0n) is 19.2. The van der Waals surface area contributed by atoms with Crippen LogP contribution in [-0.2, 0) is 20.8 Å². The fraction of sp³-hybridized carbons (Fsp3) is 0.348. The lowest BCUT2D eigenvalue weighted by molar-refractivity contribution is -0.165. The Bertz CT molecular complexity index is 949. The van der Waals surface area contributed by atoms with E-state index in [0.29, 0.717) is 18.5 Å². The number of hydrogen-bond acceptors (Lipinski definition) is 9. The highest BCUT2D eigenvalue weighted by Gasteiger charge is 2.29. The second-order valence-corrected chi connectivity index (χ2v) is 7.48. The van der Waals surface area contributed by atoms with Crippen molar-refractivity contribution in [3.8, 4) is 11.5 Å². The van der Waals surface area contributed by atoms with Gasteiger partial charge < -0.3 is 46.0 Å². The van der Waals surface area contributed by atoms with E-state index in [1.165, 1.54) is 11.6 Å². The summed E-state index contributed by atoms with van der Waals surface area (Å²) in [6.45, 7) is 2.41. The molecule has 0 radical (unpaired) electrons. The number of phenols is 1. The Labute approximate surface area is 201 Å². The quantitative estimate of drug-likeness (QED) is 0.147. The Kier molecular flexibility index (Phi) is 12.2. The maximum atomic E-state index is 10.5. The molecule has 0 unspecified atom stereocenters. The van der Waals surface area contributed by atoms with Crippen LogP contribution in [0.1, 0.15) is 24.2 Å². The van der Waals surface area contributed by atoms with E-state index in [-0.39, 0.29) is 17.5 Å². The molecule has 0 spiro atoms. The number of hydrogen-bond donors (Lipinski definition) is 8. The lowest BCUT2D eigenvalue weighted by atomic mass is 10.1. The van der Waals surface area contributed by atoms with E-state index in [1.54, 1.807) is 19.2 Å². The van der Waals surface area contributed by atoms with Crippen molar-refractivity contribution in [2.45, 2.75) is 37.7 Å². The molecule has 192 valence electrons. The van der Waals surface area contributed by atoms with Crippen molar-refractivity contribution in [2.24, 2.45) is 0 Å². The number of amides is 1. The topological polar surface area (TPSA) is 206 Å². The smallest absolute Gasteiger partial charge is 0.335 e. The highest BCUT2D eigenvalue weighted by molar-refractivity contribution is 5.83. The van der Waals surface area contributed by atoms with E-state index >= 15 is 0 Å². The summed E-state index contributed by atoms with van der Waals surface area (Å²) in [6, 6.07) is 12.7. The van der Waals surface area contributed by atoms with Crippen molar-refractivity contribution >= 4 is 24.0 Å². The predicted octanol–water partition coefficient (Wildman–Crippen LogP) is 0.101. The molecule has 2 aromatic rings. The third kappa shape index (κ3) is 9.98. The van der Waals surface area contributed by atoms with Crippen LogP contribution >= 0.6 is 0 Å². The van der Waals surface area contributed by atoms with Crippen LogP contribution in [0, 0.1) is 0 Å². The van der Waals surface area contributed by atoms with Gasteiger partial charge in [0.1, 0.15) is 11.5 Å². The SMILES string of the molecule is COc1ccc(C[C@H](C)NC[C@H](O)c2ccc(O)c(NC=O)c2)cc1.O=C(O)[C@H](O)[C@@H](O)C(=O)O. The lowest BCUT2D eigenvalue weighted by Crippen LogP contribution is -2.39. The number of carboxylic acid groups (broad SMARTS) is 2. The minimum Gasteiger partial charge on any atom is -0.506 e. The van der Waals surface area contributed by atoms with Gasteiger partial charge in [0.05, 0.1) is 18.9 Å². The highest BCUT2D eigenvalue weighted by Crippen LogP contribution is 2.26. The number of carbonyl (C=O) groups excluding carboxylic acids is 1. The minimum atomic E-state index is -2.27. The number of nitrogens with one attached hydrogen (secondary N) is 2. The molecular weight excluding hydrogens is 464 g/mol. The Morgan fingerprint density at radius 2 is 1.57 bits per heavy atom. The molecule has 0 aliphatic carbocycles. The van der Waals surface area contributed by atoms with Crippen molar-refractivity contribution < 1.29 is 49.8 Å². The van der Waals surface area contributed by atoms with Crippen LogP contribution in [0.3, 0.4) is 0 Å². The van der Waals surface area contributed by atoms with Gasteiger partial charge in [0, 0.05) is 12.6 Å². The summed E-state index contributed by atoms with van der Waals surface area (Å²) in [7, 11) is 1.64. The van der Waals surface area contributed by atoms with E-state index in [2.05, 4.69) is 10.6 Å². The molecular formula is C23H30N2O10. The van der Waals surface area contributed by atoms with Crippen LogP contribution < -0.4 is 15.4 Å². The standard InChI is InChI=1S/C19H24N2O4.C4H6O6/c1-13(9-14-3-6-16(25-2)7-4-14)20-11-19(24)15-5-8-18(23)17(10-15)21-12-22;5-1(3(7)8)2(6)4(9)10/h3-8,10,12-13,19-20,23-24H,9,11H2,1-2H3,(H,21,22);1-2,5-6H,(H,7,8)(H,9,10)/t13-,19-;1-,2-/m01/s1. The summed E-state index contributed by atoms with van der Waals surface area (Å²) in [5.74, 6) is -2.75. The molecule has 0 aliphatic rings. The van der Waals surface area contributed by atoms with Gasteiger partial charge in [0.25, 0.3) is 0 Å². The Morgan fingerprint density at radius 1 is 1.00 bits per heavy atom. The van der Waals surface area contributed by atoms with Gasteiger partial charge in [0.2, 0.25) is 6.41 Å². The maximum Gasteiger partial charge on any atom is 0.335 e. The molecule has 2 aromatic carbocycles. The van der Waals surface area contributed by atoms with Crippen molar-refractivity contribution in [1.82, 2.24) is 5.32 Å². The molecule has 0 saturated carbocycles. The van der Waals surface area contributed by atoms with E-state index in [0.717, 1.165) is 12.2 Å². The molecule has 1 amide bonds. The fourth-order valence-corrected chi connectivity index (χ4v) is 2.83. The van der Waals surface area contributed by atoms with Crippen molar-refractivity contribution in [2.75, 3.05) is 19.0 Å². The van der Waals surface area contributed by atoms with Crippen molar-refractivity contribution in [3.63, 3.8) is 0 Å². The van der Waals surface area contributed by atoms with Crippen LogP contribution in [-0.4, -0.2) is 80.9 Å². The van der Waals surface area contributed by atoms with E-state index in [9.17, 15) is 24.6 Å². The molecule has 0 bridgehead atoms. The molecule has 0 aromatic heterocycles. The Hall–Kier alpha value is -3.71. The normalized spacial score (nSPS) is 13.9. The number of anilines is 1. The number of aliphatic hydroxyl groups is 3. The van der Waals surface area contributed by atoms with Crippen LogP contribution in [0.15, 0.2) is 42.5 Å². The third-order valence-corrected chi connectivity index (χ3v) is 4.79. The number of ether oxygens (including phenoxy) is 1. The molecule has 0 aliphatic heterocycles. The number of aliphatic hydroxyl groups excluding tert-OH is 3. The second-order valence-electron chi connectivity index (χ2n) is 7.48. The van der Waals surface area contributed by atoms with Crippen LogP contribution in [0.2, 0.25) is 0 Å². The summed E-state index contributed by atoms with van der Waals surface area (Å²) in [4.78, 5) is 30.1. The first kappa shape index (κ1) is 29.3. The van der Waals surface area contributed by atoms with Crippen LogP contribution in [0.4, 0.5) is 5.69 Å². The molecule has 0 heterocycles. The van der Waals surface area contributed by atoms with Gasteiger partial charge in [-0.3, -0.25) is 4.79 Å². The number of methoxy groups -OCH3 is 1. The van der Waals surface area contributed by atoms with E-state index in [4.69, 9.17) is 25.2 Å². The minimum absolute atomic E-state index is 0.0381. The number of benzene rings is 2. The number of carbonyl (C=O) groups is 3. The van der Waals surface area contributed by atoms with Gasteiger partial charge >= 0.3 is 11.9 Å². The summed E-state index contributed by atoms with van der Waals surface area (Å²) in [5.41, 5.74) is 2.07. The largest absolute Gasteiger partial charge is 0.506 e. The fourth-order valence-electron chi connectivity index (χ4n) is 2.83. The Balaban J connectivity index is 0.000000518.